The van der Waals surface area contributed by atoms with Gasteiger partial charge in [-0.15, -0.1) is 0 Å². The van der Waals surface area contributed by atoms with Gasteiger partial charge in [0.1, 0.15) is 0 Å². The molecule has 1 N–H and O–H groups in total. The lowest BCUT2D eigenvalue weighted by Gasteiger charge is -2.06. The summed E-state index contributed by atoms with van der Waals surface area (Å²) in [7, 11) is 0. The van der Waals surface area contributed by atoms with Crippen molar-refractivity contribution in [3.05, 3.63) is 23.5 Å². The van der Waals surface area contributed by atoms with Crippen molar-refractivity contribution < 1.29 is 14.2 Å². The van der Waals surface area contributed by atoms with Crippen LogP contribution in [0.1, 0.15) is 12.5 Å². The van der Waals surface area contributed by atoms with Crippen molar-refractivity contribution in [3.8, 4) is 11.5 Å². The molecule has 0 atom stereocenters. The molecule has 0 aliphatic rings. The molecule has 0 heterocycles. The summed E-state index contributed by atoms with van der Waals surface area (Å²) < 4.78 is 18.0. The molecule has 0 aromatic heterocycles. The van der Waals surface area contributed by atoms with E-state index in [1.807, 2.05) is 0 Å². The molecule has 0 saturated heterocycles. The Labute approximate surface area is 70.6 Å². The maximum atomic E-state index is 13.0. The number of phenols is 1. The zero-order chi connectivity index (χ0) is 9.14. The van der Waals surface area contributed by atoms with Gasteiger partial charge in [-0.1, -0.05) is 0 Å². The van der Waals surface area contributed by atoms with Crippen LogP contribution >= 0.6 is 0 Å². The first kappa shape index (κ1) is 8.84. The van der Waals surface area contributed by atoms with Crippen molar-refractivity contribution >= 4 is 0 Å². The largest absolute Gasteiger partial charge is 0.505 e. The van der Waals surface area contributed by atoms with Crippen LogP contribution in [0.25, 0.3) is 0 Å². The third kappa shape index (κ3) is 1.67. The number of rotatable bonds is 2. The summed E-state index contributed by atoms with van der Waals surface area (Å²) in [5.74, 6) is -0.948. The molecule has 0 spiro atoms. The molecule has 1 aromatic rings. The Morgan fingerprint density at radius 3 is 2.75 bits per heavy atom. The molecule has 0 fully saturated rings. The van der Waals surface area contributed by atoms with Crippen molar-refractivity contribution in [1.29, 1.82) is 0 Å². The molecule has 12 heavy (non-hydrogen) atoms. The quantitative estimate of drug-likeness (QED) is 0.737. The van der Waals surface area contributed by atoms with Crippen LogP contribution in [0.15, 0.2) is 12.1 Å². The molecule has 0 saturated carbocycles. The molecular weight excluding hydrogens is 159 g/mol. The van der Waals surface area contributed by atoms with E-state index in [1.54, 1.807) is 19.9 Å². The number of hydrogen-bond donors (Lipinski definition) is 1. The number of aromatic hydroxyl groups is 1. The number of benzene rings is 1. The van der Waals surface area contributed by atoms with E-state index >= 15 is 0 Å². The summed E-state index contributed by atoms with van der Waals surface area (Å²) in [6.45, 7) is 3.92. The second kappa shape index (κ2) is 3.43. The first-order valence-corrected chi connectivity index (χ1v) is 3.77. The van der Waals surface area contributed by atoms with Crippen LogP contribution in [0.4, 0.5) is 4.39 Å². The van der Waals surface area contributed by atoms with Crippen LogP contribution in [0.5, 0.6) is 11.5 Å². The minimum atomic E-state index is -0.692. The van der Waals surface area contributed by atoms with E-state index in [9.17, 15) is 4.39 Å². The molecule has 1 aromatic carbocycles. The fourth-order valence-corrected chi connectivity index (χ4v) is 0.978. The van der Waals surface area contributed by atoms with E-state index in [0.717, 1.165) is 5.56 Å². The highest BCUT2D eigenvalue weighted by atomic mass is 19.1. The van der Waals surface area contributed by atoms with E-state index in [1.165, 1.54) is 6.07 Å². The zero-order valence-corrected chi connectivity index (χ0v) is 7.10. The van der Waals surface area contributed by atoms with Gasteiger partial charge in [0.25, 0.3) is 0 Å². The third-order valence-electron chi connectivity index (χ3n) is 1.46. The monoisotopic (exact) mass is 170 g/mol. The number of phenolic OH excluding ortho intramolecular Hbond substituents is 1. The van der Waals surface area contributed by atoms with Gasteiger partial charge in [-0.25, -0.2) is 0 Å². The van der Waals surface area contributed by atoms with Gasteiger partial charge in [0.2, 0.25) is 5.82 Å². The molecule has 0 aliphatic carbocycles. The van der Waals surface area contributed by atoms with Gasteiger partial charge in [0.05, 0.1) is 6.61 Å². The van der Waals surface area contributed by atoms with E-state index in [4.69, 9.17) is 9.84 Å². The topological polar surface area (TPSA) is 29.5 Å². The maximum Gasteiger partial charge on any atom is 0.206 e. The summed E-state index contributed by atoms with van der Waals surface area (Å²) in [4.78, 5) is 0. The van der Waals surface area contributed by atoms with Crippen molar-refractivity contribution in [2.75, 3.05) is 6.61 Å². The first-order chi connectivity index (χ1) is 5.65. The van der Waals surface area contributed by atoms with Crippen LogP contribution < -0.4 is 4.74 Å². The average Bonchev–Trinajstić information content (AvgIpc) is 2.00. The standard InChI is InChI=1S/C9H11FO2/c1-3-12-8-5-6(2)4-7(11)9(8)10/h4-5,11H,3H2,1-2H3. The summed E-state index contributed by atoms with van der Waals surface area (Å²) >= 11 is 0. The van der Waals surface area contributed by atoms with Gasteiger partial charge in [-0.2, -0.15) is 4.39 Å². The van der Waals surface area contributed by atoms with Crippen LogP contribution in [0, 0.1) is 12.7 Å². The number of ether oxygens (including phenoxy) is 1. The fourth-order valence-electron chi connectivity index (χ4n) is 0.978. The van der Waals surface area contributed by atoms with Crippen molar-refractivity contribution in [3.63, 3.8) is 0 Å². The minimum absolute atomic E-state index is 0.106. The fraction of sp³-hybridized carbons (Fsp3) is 0.333. The normalized spacial score (nSPS) is 9.92. The van der Waals surface area contributed by atoms with E-state index in [-0.39, 0.29) is 11.5 Å². The first-order valence-electron chi connectivity index (χ1n) is 3.77. The van der Waals surface area contributed by atoms with Gasteiger partial charge >= 0.3 is 0 Å². The molecule has 66 valence electrons. The van der Waals surface area contributed by atoms with Crippen molar-refractivity contribution in [1.82, 2.24) is 0 Å². The van der Waals surface area contributed by atoms with Gasteiger partial charge in [-0.05, 0) is 31.5 Å². The third-order valence-corrected chi connectivity index (χ3v) is 1.46. The lowest BCUT2D eigenvalue weighted by molar-refractivity contribution is 0.312. The van der Waals surface area contributed by atoms with Crippen LogP contribution in [0.2, 0.25) is 0 Å². The second-order valence-corrected chi connectivity index (χ2v) is 2.53. The smallest absolute Gasteiger partial charge is 0.206 e. The SMILES string of the molecule is CCOc1cc(C)cc(O)c1F. The Bertz CT molecular complexity index is 284. The molecule has 0 unspecified atom stereocenters. The number of halogens is 1. The molecule has 3 heteroatoms. The van der Waals surface area contributed by atoms with Gasteiger partial charge in [0, 0.05) is 0 Å². The summed E-state index contributed by atoms with van der Waals surface area (Å²) in [6.07, 6.45) is 0. The van der Waals surface area contributed by atoms with Crippen LogP contribution in [0.3, 0.4) is 0 Å². The van der Waals surface area contributed by atoms with Crippen LogP contribution in [-0.2, 0) is 0 Å². The molecule has 0 aliphatic heterocycles. The lowest BCUT2D eigenvalue weighted by Crippen LogP contribution is -1.95. The Balaban J connectivity index is 3.09. The number of hydrogen-bond acceptors (Lipinski definition) is 2. The summed E-state index contributed by atoms with van der Waals surface area (Å²) in [5, 5.41) is 9.05. The highest BCUT2D eigenvalue weighted by molar-refractivity contribution is 5.38. The van der Waals surface area contributed by atoms with E-state index in [2.05, 4.69) is 0 Å². The highest BCUT2D eigenvalue weighted by Gasteiger charge is 2.08. The Morgan fingerprint density at radius 1 is 1.50 bits per heavy atom. The predicted octanol–water partition coefficient (Wildman–Crippen LogP) is 2.24. The average molecular weight is 170 g/mol. The molecule has 2 nitrogen and oxygen atoms in total. The van der Waals surface area contributed by atoms with E-state index < -0.39 is 5.82 Å². The highest BCUT2D eigenvalue weighted by Crippen LogP contribution is 2.27. The maximum absolute atomic E-state index is 13.0. The minimum Gasteiger partial charge on any atom is -0.505 e. The Kier molecular flexibility index (Phi) is 2.53. The Hall–Kier alpha value is -1.25. The van der Waals surface area contributed by atoms with Gasteiger partial charge < -0.3 is 9.84 Å². The van der Waals surface area contributed by atoms with E-state index in [0.29, 0.717) is 6.61 Å². The second-order valence-electron chi connectivity index (χ2n) is 2.53. The molecule has 1 rings (SSSR count). The number of aryl methyl sites for hydroxylation is 1. The summed E-state index contributed by atoms with van der Waals surface area (Å²) in [6, 6.07) is 2.91. The molecule has 0 bridgehead atoms. The zero-order valence-electron chi connectivity index (χ0n) is 7.10. The molecular formula is C9H11FO2. The van der Waals surface area contributed by atoms with Gasteiger partial charge in [0.15, 0.2) is 11.5 Å². The Morgan fingerprint density at radius 2 is 2.17 bits per heavy atom. The van der Waals surface area contributed by atoms with Crippen molar-refractivity contribution in [2.45, 2.75) is 13.8 Å². The van der Waals surface area contributed by atoms with Gasteiger partial charge in [-0.3, -0.25) is 0 Å². The van der Waals surface area contributed by atoms with Crippen LogP contribution in [-0.4, -0.2) is 11.7 Å². The van der Waals surface area contributed by atoms with Crippen molar-refractivity contribution in [2.24, 2.45) is 0 Å². The molecule has 0 amide bonds. The summed E-state index contributed by atoms with van der Waals surface area (Å²) in [5.41, 5.74) is 0.775. The predicted molar refractivity (Wildman–Crippen MR) is 44.0 cm³/mol. The molecule has 0 radical (unpaired) electrons. The lowest BCUT2D eigenvalue weighted by atomic mass is 10.2.